The lowest BCUT2D eigenvalue weighted by Gasteiger charge is -2.40. The number of unbranched alkanes of at least 4 members (excludes halogenated alkanes) is 1. The van der Waals surface area contributed by atoms with Crippen LogP contribution >= 0.6 is 0 Å². The zero-order valence-corrected chi connectivity index (χ0v) is 12.3. The minimum atomic E-state index is -0.517. The number of piperidine rings is 1. The molecule has 1 atom stereocenters. The van der Waals surface area contributed by atoms with Gasteiger partial charge in [-0.25, -0.2) is 0 Å². The predicted molar refractivity (Wildman–Crippen MR) is 75.6 cm³/mol. The minimum Gasteiger partial charge on any atom is -0.335 e. The second-order valence-corrected chi connectivity index (χ2v) is 4.78. The van der Waals surface area contributed by atoms with E-state index in [1.165, 1.54) is 0 Å². The summed E-state index contributed by atoms with van der Waals surface area (Å²) in [6, 6.07) is 0.240. The SMILES string of the molecule is C=CCCCC1CCCC(=O)N1C(OCC)OCC. The molecule has 110 valence electrons. The summed E-state index contributed by atoms with van der Waals surface area (Å²) in [7, 11) is 0. The molecule has 4 heteroatoms. The van der Waals surface area contributed by atoms with Crippen molar-refractivity contribution in [2.24, 2.45) is 0 Å². The Balaban J connectivity index is 2.68. The van der Waals surface area contributed by atoms with E-state index in [1.54, 1.807) is 0 Å². The number of carbonyl (C=O) groups is 1. The average molecular weight is 269 g/mol. The number of allylic oxidation sites excluding steroid dienone is 1. The van der Waals surface area contributed by atoms with E-state index >= 15 is 0 Å². The summed E-state index contributed by atoms with van der Waals surface area (Å²) in [5.74, 6) is 0.154. The van der Waals surface area contributed by atoms with Crippen molar-refractivity contribution in [1.82, 2.24) is 4.90 Å². The maximum absolute atomic E-state index is 12.2. The van der Waals surface area contributed by atoms with Gasteiger partial charge in [0.2, 0.25) is 12.3 Å². The van der Waals surface area contributed by atoms with Gasteiger partial charge >= 0.3 is 0 Å². The Morgan fingerprint density at radius 2 is 2.11 bits per heavy atom. The molecule has 0 radical (unpaired) electrons. The number of carbonyl (C=O) groups excluding carboxylic acids is 1. The number of hydrogen-bond donors (Lipinski definition) is 0. The van der Waals surface area contributed by atoms with Gasteiger partial charge in [-0.1, -0.05) is 6.08 Å². The lowest BCUT2D eigenvalue weighted by molar-refractivity contribution is -0.233. The fourth-order valence-corrected chi connectivity index (χ4v) is 2.53. The topological polar surface area (TPSA) is 38.8 Å². The Hall–Kier alpha value is -0.870. The molecule has 1 unspecified atom stereocenters. The van der Waals surface area contributed by atoms with Crippen LogP contribution in [0.2, 0.25) is 0 Å². The molecule has 0 aromatic rings. The number of nitrogens with zero attached hydrogens (tertiary/aromatic N) is 1. The molecule has 0 spiro atoms. The minimum absolute atomic E-state index is 0.154. The highest BCUT2D eigenvalue weighted by molar-refractivity contribution is 5.77. The monoisotopic (exact) mass is 269 g/mol. The van der Waals surface area contributed by atoms with Crippen molar-refractivity contribution in [1.29, 1.82) is 0 Å². The Morgan fingerprint density at radius 3 is 2.68 bits per heavy atom. The zero-order chi connectivity index (χ0) is 14.1. The van der Waals surface area contributed by atoms with Crippen LogP contribution in [0.4, 0.5) is 0 Å². The summed E-state index contributed by atoms with van der Waals surface area (Å²) < 4.78 is 11.2. The van der Waals surface area contributed by atoms with Crippen LogP contribution in [0.25, 0.3) is 0 Å². The molecule has 1 fully saturated rings. The van der Waals surface area contributed by atoms with Gasteiger partial charge in [-0.15, -0.1) is 6.58 Å². The summed E-state index contributed by atoms with van der Waals surface area (Å²) in [5.41, 5.74) is 0. The van der Waals surface area contributed by atoms with Crippen LogP contribution < -0.4 is 0 Å². The quantitative estimate of drug-likeness (QED) is 0.367. The Morgan fingerprint density at radius 1 is 1.42 bits per heavy atom. The first-order valence-corrected chi connectivity index (χ1v) is 7.39. The first-order valence-electron chi connectivity index (χ1n) is 7.39. The Kier molecular flexibility index (Phi) is 7.75. The van der Waals surface area contributed by atoms with Crippen LogP contribution in [-0.2, 0) is 14.3 Å². The maximum Gasteiger partial charge on any atom is 0.242 e. The molecule has 0 aromatic heterocycles. The largest absolute Gasteiger partial charge is 0.335 e. The van der Waals surface area contributed by atoms with Crippen molar-refractivity contribution in [2.45, 2.75) is 64.8 Å². The molecule has 0 aromatic carbocycles. The molecule has 0 aliphatic carbocycles. The van der Waals surface area contributed by atoms with E-state index in [0.29, 0.717) is 19.6 Å². The Labute approximate surface area is 116 Å². The fourth-order valence-electron chi connectivity index (χ4n) is 2.53. The van der Waals surface area contributed by atoms with Gasteiger partial charge in [-0.2, -0.15) is 0 Å². The van der Waals surface area contributed by atoms with E-state index in [0.717, 1.165) is 32.1 Å². The number of amides is 1. The third-order valence-corrected chi connectivity index (χ3v) is 3.40. The number of likely N-dealkylation sites (tertiary alicyclic amines) is 1. The number of hydrogen-bond acceptors (Lipinski definition) is 3. The Bertz CT molecular complexity index is 275. The summed E-state index contributed by atoms with van der Waals surface area (Å²) in [6.07, 6.45) is 7.07. The van der Waals surface area contributed by atoms with Crippen molar-refractivity contribution in [2.75, 3.05) is 13.2 Å². The molecule has 1 heterocycles. The zero-order valence-electron chi connectivity index (χ0n) is 12.3. The molecule has 1 amide bonds. The van der Waals surface area contributed by atoms with Crippen LogP contribution in [0.15, 0.2) is 12.7 Å². The normalized spacial score (nSPS) is 20.1. The van der Waals surface area contributed by atoms with Crippen molar-refractivity contribution < 1.29 is 14.3 Å². The molecule has 1 rings (SSSR count). The first kappa shape index (κ1) is 16.2. The van der Waals surface area contributed by atoms with E-state index < -0.39 is 6.41 Å². The van der Waals surface area contributed by atoms with Crippen LogP contribution in [0.3, 0.4) is 0 Å². The van der Waals surface area contributed by atoms with Gasteiger partial charge in [0.15, 0.2) is 0 Å². The molecular formula is C15H27NO3. The average Bonchev–Trinajstić information content (AvgIpc) is 2.39. The molecule has 1 aliphatic heterocycles. The van der Waals surface area contributed by atoms with Crippen molar-refractivity contribution in [3.63, 3.8) is 0 Å². The predicted octanol–water partition coefficient (Wildman–Crippen LogP) is 3.08. The molecule has 1 saturated heterocycles. The summed E-state index contributed by atoms with van der Waals surface area (Å²) in [6.45, 7) is 8.69. The van der Waals surface area contributed by atoms with Crippen LogP contribution in [-0.4, -0.2) is 36.5 Å². The molecular weight excluding hydrogens is 242 g/mol. The van der Waals surface area contributed by atoms with E-state index in [9.17, 15) is 4.79 Å². The van der Waals surface area contributed by atoms with Gasteiger partial charge in [0.05, 0.1) is 0 Å². The number of rotatable bonds is 9. The number of ether oxygens (including phenoxy) is 2. The smallest absolute Gasteiger partial charge is 0.242 e. The molecule has 0 N–H and O–H groups in total. The van der Waals surface area contributed by atoms with Crippen molar-refractivity contribution in [3.8, 4) is 0 Å². The highest BCUT2D eigenvalue weighted by Gasteiger charge is 2.34. The van der Waals surface area contributed by atoms with Gasteiger partial charge in [-0.3, -0.25) is 9.69 Å². The molecule has 0 saturated carbocycles. The summed E-state index contributed by atoms with van der Waals surface area (Å²) in [4.78, 5) is 14.0. The van der Waals surface area contributed by atoms with E-state index in [4.69, 9.17) is 9.47 Å². The second-order valence-electron chi connectivity index (χ2n) is 4.78. The maximum atomic E-state index is 12.2. The molecule has 1 aliphatic rings. The molecule has 19 heavy (non-hydrogen) atoms. The second kappa shape index (κ2) is 9.10. The van der Waals surface area contributed by atoms with Gasteiger partial charge < -0.3 is 9.47 Å². The van der Waals surface area contributed by atoms with Crippen LogP contribution in [0, 0.1) is 0 Å². The van der Waals surface area contributed by atoms with E-state index in [1.807, 2.05) is 24.8 Å². The molecule has 4 nitrogen and oxygen atoms in total. The summed E-state index contributed by atoms with van der Waals surface area (Å²) >= 11 is 0. The van der Waals surface area contributed by atoms with Gasteiger partial charge in [0.25, 0.3) is 0 Å². The van der Waals surface area contributed by atoms with E-state index in [-0.39, 0.29) is 11.9 Å². The highest BCUT2D eigenvalue weighted by atomic mass is 16.7. The van der Waals surface area contributed by atoms with Crippen LogP contribution in [0.5, 0.6) is 0 Å². The van der Waals surface area contributed by atoms with Gasteiger partial charge in [0.1, 0.15) is 0 Å². The highest BCUT2D eigenvalue weighted by Crippen LogP contribution is 2.25. The molecule has 0 bridgehead atoms. The lowest BCUT2D eigenvalue weighted by Crippen LogP contribution is -2.52. The van der Waals surface area contributed by atoms with E-state index in [2.05, 4.69) is 6.58 Å². The van der Waals surface area contributed by atoms with Crippen molar-refractivity contribution in [3.05, 3.63) is 12.7 Å². The lowest BCUT2D eigenvalue weighted by atomic mass is 9.97. The van der Waals surface area contributed by atoms with Gasteiger partial charge in [-0.05, 0) is 46.0 Å². The standard InChI is InChI=1S/C15H27NO3/c1-4-7-8-10-13-11-9-12-14(17)16(13)15(18-5-2)19-6-3/h4,13,15H,1,5-12H2,2-3H3. The third kappa shape index (κ3) is 4.96. The van der Waals surface area contributed by atoms with Crippen molar-refractivity contribution >= 4 is 5.91 Å². The third-order valence-electron chi connectivity index (χ3n) is 3.40. The van der Waals surface area contributed by atoms with Gasteiger partial charge in [0, 0.05) is 25.7 Å². The fraction of sp³-hybridized carbons (Fsp3) is 0.800. The van der Waals surface area contributed by atoms with Crippen LogP contribution in [0.1, 0.15) is 52.4 Å². The first-order chi connectivity index (χ1) is 9.24. The summed E-state index contributed by atoms with van der Waals surface area (Å²) in [5, 5.41) is 0.